The first kappa shape index (κ1) is 20.2. The number of thiocarbonyl (C=S) groups is 1. The van der Waals surface area contributed by atoms with Gasteiger partial charge in [0.1, 0.15) is 5.75 Å². The lowest BCUT2D eigenvalue weighted by atomic mass is 9.99. The number of anilines is 1. The van der Waals surface area contributed by atoms with Crippen LogP contribution < -0.4 is 15.0 Å². The molecule has 0 unspecified atom stereocenters. The number of hydrogen-bond acceptors (Lipinski definition) is 3. The monoisotopic (exact) mass is 417 g/mol. The lowest BCUT2D eigenvalue weighted by Gasteiger charge is -2.38. The number of piperazine rings is 1. The molecule has 1 saturated heterocycles. The second-order valence-corrected chi connectivity index (χ2v) is 7.77. The summed E-state index contributed by atoms with van der Waals surface area (Å²) in [5.74, 6) is 0.890. The smallest absolute Gasteiger partial charge is 0.169 e. The second kappa shape index (κ2) is 9.63. The van der Waals surface area contributed by atoms with E-state index in [0.717, 1.165) is 37.0 Å². The molecule has 3 aromatic rings. The predicted octanol–water partition coefficient (Wildman–Crippen LogP) is 4.48. The van der Waals surface area contributed by atoms with Crippen molar-refractivity contribution in [2.75, 3.05) is 38.2 Å². The largest absolute Gasteiger partial charge is 0.497 e. The van der Waals surface area contributed by atoms with Crippen LogP contribution in [-0.4, -0.2) is 43.3 Å². The third-order valence-electron chi connectivity index (χ3n) is 5.52. The van der Waals surface area contributed by atoms with Gasteiger partial charge < -0.3 is 19.9 Å². The van der Waals surface area contributed by atoms with E-state index in [-0.39, 0.29) is 6.04 Å². The molecule has 1 aliphatic heterocycles. The van der Waals surface area contributed by atoms with Gasteiger partial charge in [-0.25, -0.2) is 0 Å². The molecule has 5 heteroatoms. The molecule has 1 heterocycles. The zero-order valence-electron chi connectivity index (χ0n) is 17.2. The number of methoxy groups -OCH3 is 1. The molecule has 0 aliphatic carbocycles. The molecule has 30 heavy (non-hydrogen) atoms. The van der Waals surface area contributed by atoms with Crippen LogP contribution >= 0.6 is 12.2 Å². The summed E-state index contributed by atoms with van der Waals surface area (Å²) >= 11 is 5.82. The Hall–Kier alpha value is -3.05. The SMILES string of the molecule is COc1cccc(N2CCN(C(=S)NC(c3ccccc3)c3ccccc3)CC2)c1. The number of hydrogen-bond donors (Lipinski definition) is 1. The Kier molecular flexibility index (Phi) is 6.50. The minimum Gasteiger partial charge on any atom is -0.497 e. The quantitative estimate of drug-likeness (QED) is 0.618. The van der Waals surface area contributed by atoms with E-state index < -0.39 is 0 Å². The van der Waals surface area contributed by atoms with Crippen molar-refractivity contribution in [3.8, 4) is 5.75 Å². The first-order valence-corrected chi connectivity index (χ1v) is 10.7. The van der Waals surface area contributed by atoms with Crippen molar-refractivity contribution in [3.63, 3.8) is 0 Å². The van der Waals surface area contributed by atoms with Crippen molar-refractivity contribution in [2.45, 2.75) is 6.04 Å². The number of rotatable bonds is 5. The van der Waals surface area contributed by atoms with Crippen LogP contribution in [0.15, 0.2) is 84.9 Å². The number of ether oxygens (including phenoxy) is 1. The van der Waals surface area contributed by atoms with Crippen LogP contribution in [0.2, 0.25) is 0 Å². The van der Waals surface area contributed by atoms with Gasteiger partial charge in [0, 0.05) is 37.9 Å². The average Bonchev–Trinajstić information content (AvgIpc) is 2.83. The van der Waals surface area contributed by atoms with Crippen LogP contribution in [0.25, 0.3) is 0 Å². The maximum Gasteiger partial charge on any atom is 0.169 e. The Morgan fingerprint density at radius 2 is 1.43 bits per heavy atom. The van der Waals surface area contributed by atoms with E-state index in [4.69, 9.17) is 17.0 Å². The van der Waals surface area contributed by atoms with Crippen LogP contribution in [0.3, 0.4) is 0 Å². The highest BCUT2D eigenvalue weighted by Crippen LogP contribution is 2.24. The molecule has 1 fully saturated rings. The van der Waals surface area contributed by atoms with Crippen molar-refractivity contribution >= 4 is 23.0 Å². The van der Waals surface area contributed by atoms with Crippen molar-refractivity contribution < 1.29 is 4.74 Å². The molecular weight excluding hydrogens is 390 g/mol. The van der Waals surface area contributed by atoms with E-state index in [9.17, 15) is 0 Å². The Morgan fingerprint density at radius 1 is 0.833 bits per heavy atom. The van der Waals surface area contributed by atoms with Gasteiger partial charge in [-0.2, -0.15) is 0 Å². The summed E-state index contributed by atoms with van der Waals surface area (Å²) in [6.07, 6.45) is 0. The molecule has 0 bridgehead atoms. The molecule has 3 aromatic carbocycles. The maximum atomic E-state index is 5.82. The minimum absolute atomic E-state index is 0.0383. The summed E-state index contributed by atoms with van der Waals surface area (Å²) < 4.78 is 5.36. The van der Waals surface area contributed by atoms with Crippen molar-refractivity contribution in [2.24, 2.45) is 0 Å². The number of nitrogens with one attached hydrogen (secondary N) is 1. The summed E-state index contributed by atoms with van der Waals surface area (Å²) in [5.41, 5.74) is 3.61. The third-order valence-corrected chi connectivity index (χ3v) is 5.90. The van der Waals surface area contributed by atoms with E-state index in [0.29, 0.717) is 0 Å². The van der Waals surface area contributed by atoms with Crippen molar-refractivity contribution in [1.82, 2.24) is 10.2 Å². The number of benzene rings is 3. The van der Waals surface area contributed by atoms with Crippen LogP contribution in [0.1, 0.15) is 17.2 Å². The highest BCUT2D eigenvalue weighted by molar-refractivity contribution is 7.80. The Morgan fingerprint density at radius 3 is 2.00 bits per heavy atom. The van der Waals surface area contributed by atoms with E-state index in [1.165, 1.54) is 16.8 Å². The Labute approximate surface area is 184 Å². The zero-order chi connectivity index (χ0) is 20.8. The van der Waals surface area contributed by atoms with Gasteiger partial charge in [-0.1, -0.05) is 66.7 Å². The Bertz CT molecular complexity index is 917. The molecule has 0 atom stereocenters. The molecule has 154 valence electrons. The van der Waals surface area contributed by atoms with Crippen LogP contribution in [0.5, 0.6) is 5.75 Å². The fourth-order valence-corrected chi connectivity index (χ4v) is 4.14. The second-order valence-electron chi connectivity index (χ2n) is 7.38. The molecular formula is C25H27N3OS. The molecule has 1 N–H and O–H groups in total. The van der Waals surface area contributed by atoms with Gasteiger partial charge >= 0.3 is 0 Å². The molecule has 0 radical (unpaired) electrons. The molecule has 1 aliphatic rings. The van der Waals surface area contributed by atoms with Crippen LogP contribution in [0, 0.1) is 0 Å². The summed E-state index contributed by atoms with van der Waals surface area (Å²) in [6, 6.07) is 29.2. The highest BCUT2D eigenvalue weighted by atomic mass is 32.1. The fraction of sp³-hybridized carbons (Fsp3) is 0.240. The van der Waals surface area contributed by atoms with Gasteiger partial charge in [0.15, 0.2) is 5.11 Å². The standard InChI is InChI=1S/C25H27N3OS/c1-29-23-14-8-13-22(19-23)27-15-17-28(18-16-27)25(30)26-24(20-9-4-2-5-10-20)21-11-6-3-7-12-21/h2-14,19,24H,15-18H2,1H3,(H,26,30). The summed E-state index contributed by atoms with van der Waals surface area (Å²) in [6.45, 7) is 3.63. The molecule has 0 spiro atoms. The maximum absolute atomic E-state index is 5.82. The summed E-state index contributed by atoms with van der Waals surface area (Å²) in [7, 11) is 1.71. The molecule has 0 amide bonds. The highest BCUT2D eigenvalue weighted by Gasteiger charge is 2.22. The van der Waals surface area contributed by atoms with E-state index in [1.807, 2.05) is 24.3 Å². The minimum atomic E-state index is 0.0383. The first-order valence-electron chi connectivity index (χ1n) is 10.3. The van der Waals surface area contributed by atoms with E-state index in [1.54, 1.807) is 7.11 Å². The fourth-order valence-electron chi connectivity index (χ4n) is 3.84. The van der Waals surface area contributed by atoms with Crippen LogP contribution in [0.4, 0.5) is 5.69 Å². The van der Waals surface area contributed by atoms with Crippen LogP contribution in [-0.2, 0) is 0 Å². The van der Waals surface area contributed by atoms with E-state index in [2.05, 4.69) is 75.8 Å². The molecule has 4 nitrogen and oxygen atoms in total. The number of nitrogens with zero attached hydrogens (tertiary/aromatic N) is 2. The summed E-state index contributed by atoms with van der Waals surface area (Å²) in [4.78, 5) is 4.65. The van der Waals surface area contributed by atoms with Gasteiger partial charge in [0.25, 0.3) is 0 Å². The predicted molar refractivity (Wildman–Crippen MR) is 127 cm³/mol. The topological polar surface area (TPSA) is 27.7 Å². The lowest BCUT2D eigenvalue weighted by Crippen LogP contribution is -2.52. The normalized spacial score (nSPS) is 13.9. The molecule has 4 rings (SSSR count). The van der Waals surface area contributed by atoms with Gasteiger partial charge in [0.2, 0.25) is 0 Å². The van der Waals surface area contributed by atoms with Crippen molar-refractivity contribution in [1.29, 1.82) is 0 Å². The molecule has 0 aromatic heterocycles. The van der Waals surface area contributed by atoms with Gasteiger partial charge in [0.05, 0.1) is 13.2 Å². The van der Waals surface area contributed by atoms with Gasteiger partial charge in [-0.3, -0.25) is 0 Å². The third kappa shape index (κ3) is 4.74. The van der Waals surface area contributed by atoms with E-state index >= 15 is 0 Å². The van der Waals surface area contributed by atoms with Gasteiger partial charge in [-0.05, 0) is 35.5 Å². The zero-order valence-corrected chi connectivity index (χ0v) is 18.0. The lowest BCUT2D eigenvalue weighted by molar-refractivity contribution is 0.376. The van der Waals surface area contributed by atoms with Gasteiger partial charge in [-0.15, -0.1) is 0 Å². The molecule has 0 saturated carbocycles. The Balaban J connectivity index is 1.43. The average molecular weight is 418 g/mol. The first-order chi connectivity index (χ1) is 14.7. The van der Waals surface area contributed by atoms with Crippen molar-refractivity contribution in [3.05, 3.63) is 96.1 Å². The summed E-state index contributed by atoms with van der Waals surface area (Å²) in [5, 5.41) is 4.41.